The molecule has 3 nitrogen and oxygen atoms in total. The molecule has 0 fully saturated rings. The quantitative estimate of drug-likeness (QED) is 0.351. The Morgan fingerprint density at radius 1 is 0.923 bits per heavy atom. The molecule has 5 heteroatoms. The van der Waals surface area contributed by atoms with E-state index in [9.17, 15) is 0 Å². The number of halogens is 1. The van der Waals surface area contributed by atoms with E-state index in [1.807, 2.05) is 24.6 Å². The van der Waals surface area contributed by atoms with E-state index in [2.05, 4.69) is 20.0 Å². The molecule has 0 saturated heterocycles. The second-order valence-electron chi connectivity index (χ2n) is 1.10. The maximum absolute atomic E-state index is 7.50. The smallest absolute Gasteiger partial charge is 0 e. The molecule has 0 aliphatic heterocycles. The largest absolute Gasteiger partial charge is 0 e. The topological polar surface area (TPSA) is 59.7 Å². The summed E-state index contributed by atoms with van der Waals surface area (Å²) in [6, 6.07) is 0. The number of rotatable bonds is 0. The molecular formula is C8H4ClMnO3. The summed E-state index contributed by atoms with van der Waals surface area (Å²) < 4.78 is 22.5. The van der Waals surface area contributed by atoms with Crippen molar-refractivity contribution in [1.29, 1.82) is 0 Å². The van der Waals surface area contributed by atoms with Crippen LogP contribution in [0.1, 0.15) is 0 Å². The summed E-state index contributed by atoms with van der Waals surface area (Å²) >= 11 is 5.46. The Kier molecular flexibility index (Phi) is 52.8. The van der Waals surface area contributed by atoms with E-state index in [0.717, 1.165) is 5.03 Å². The third kappa shape index (κ3) is 24.6. The molecule has 0 saturated carbocycles. The van der Waals surface area contributed by atoms with E-state index >= 15 is 0 Å². The second-order valence-corrected chi connectivity index (χ2v) is 1.54. The van der Waals surface area contributed by atoms with Gasteiger partial charge in [0.2, 0.25) is 0 Å². The fraction of sp³-hybridized carbons (Fsp3) is 0. The molecule has 1 aliphatic carbocycles. The maximum atomic E-state index is 7.50. The molecular weight excluding hydrogens is 234 g/mol. The minimum Gasteiger partial charge on any atom is 0 e. The van der Waals surface area contributed by atoms with Crippen LogP contribution < -0.4 is 0 Å². The average molecular weight is 239 g/mol. The summed E-state index contributed by atoms with van der Waals surface area (Å²) in [5.41, 5.74) is 0. The molecule has 1 rings (SSSR count). The van der Waals surface area contributed by atoms with Crippen molar-refractivity contribution in [3.63, 3.8) is 0 Å². The van der Waals surface area contributed by atoms with Gasteiger partial charge in [-0.1, -0.05) is 23.8 Å². The fourth-order valence-electron chi connectivity index (χ4n) is 0.351. The zero-order valence-corrected chi connectivity index (χ0v) is 8.23. The number of allylic oxidation sites excluding steroid dienone is 4. The zero-order chi connectivity index (χ0) is 10.4. The van der Waals surface area contributed by atoms with Crippen LogP contribution in [0.15, 0.2) is 23.3 Å². The Balaban J connectivity index is -0.0000000508. The third-order valence-corrected chi connectivity index (χ3v) is 0.874. The standard InChI is InChI=1S/C5H4Cl.3CO.Mn/c6-5-3-1-2-4-5;3*1-2;/h1-4H;;;;. The molecule has 0 heterocycles. The molecule has 13 heavy (non-hydrogen) atoms. The Labute approximate surface area is 92.5 Å². The van der Waals surface area contributed by atoms with Crippen LogP contribution in [0.5, 0.6) is 0 Å². The van der Waals surface area contributed by atoms with Crippen molar-refractivity contribution in [1.82, 2.24) is 0 Å². The van der Waals surface area contributed by atoms with Gasteiger partial charge in [0.05, 0.1) is 0 Å². The van der Waals surface area contributed by atoms with Gasteiger partial charge in [0.25, 0.3) is 0 Å². The average Bonchev–Trinajstić information content (AvgIpc) is 2.66. The van der Waals surface area contributed by atoms with E-state index in [1.165, 1.54) is 0 Å². The van der Waals surface area contributed by atoms with Crippen LogP contribution in [0.3, 0.4) is 0 Å². The van der Waals surface area contributed by atoms with Gasteiger partial charge < -0.3 is 0 Å². The van der Waals surface area contributed by atoms with E-state index < -0.39 is 0 Å². The molecule has 68 valence electrons. The van der Waals surface area contributed by atoms with Crippen LogP contribution >= 0.6 is 11.6 Å². The van der Waals surface area contributed by atoms with Crippen molar-refractivity contribution in [3.05, 3.63) is 49.6 Å². The molecule has 0 aromatic rings. The summed E-state index contributed by atoms with van der Waals surface area (Å²) in [6.07, 6.45) is 7.51. The first kappa shape index (κ1) is 22.9. The molecule has 0 spiro atoms. The molecule has 2 radical (unpaired) electrons. The van der Waals surface area contributed by atoms with E-state index in [-0.39, 0.29) is 17.1 Å². The summed E-state index contributed by atoms with van der Waals surface area (Å²) in [7, 11) is 0. The molecule has 0 atom stereocenters. The first-order chi connectivity index (χ1) is 5.89. The van der Waals surface area contributed by atoms with E-state index in [1.54, 1.807) is 0 Å². The predicted octanol–water partition coefficient (Wildman–Crippen LogP) is 1.77. The van der Waals surface area contributed by atoms with Crippen molar-refractivity contribution in [2.24, 2.45) is 0 Å². The Morgan fingerprint density at radius 3 is 1.38 bits per heavy atom. The van der Waals surface area contributed by atoms with Crippen LogP contribution in [0.4, 0.5) is 0 Å². The van der Waals surface area contributed by atoms with Crippen LogP contribution in [0, 0.1) is 26.4 Å². The fourth-order valence-corrected chi connectivity index (χ4v) is 0.496. The van der Waals surface area contributed by atoms with Crippen molar-refractivity contribution >= 4 is 11.6 Å². The Morgan fingerprint density at radius 2 is 1.31 bits per heavy atom. The van der Waals surface area contributed by atoms with E-state index in [0.29, 0.717) is 0 Å². The van der Waals surface area contributed by atoms with Gasteiger partial charge in [-0.3, -0.25) is 0 Å². The summed E-state index contributed by atoms with van der Waals surface area (Å²) in [4.78, 5) is 0. The van der Waals surface area contributed by atoms with Gasteiger partial charge in [-0.25, -0.2) is 0 Å². The monoisotopic (exact) mass is 238 g/mol. The first-order valence-electron chi connectivity index (χ1n) is 2.38. The first-order valence-corrected chi connectivity index (χ1v) is 2.76. The van der Waals surface area contributed by atoms with Gasteiger partial charge in [-0.15, -0.1) is 0 Å². The summed E-state index contributed by atoms with van der Waals surface area (Å²) in [5, 5.41) is 0.815. The maximum Gasteiger partial charge on any atom is 0 e. The minimum absolute atomic E-state index is 0. The molecule has 0 aromatic heterocycles. The van der Waals surface area contributed by atoms with Crippen molar-refractivity contribution in [3.8, 4) is 0 Å². The SMILES string of the molecule is ClC1=CC=C[CH]1.[C-]#[O+].[C-]#[O+].[C-]#[O+].[Mn]. The van der Waals surface area contributed by atoms with Gasteiger partial charge in [0.1, 0.15) is 0 Å². The molecule has 1 aliphatic rings. The molecule has 0 aromatic carbocycles. The normalized spacial score (nSPS) is 9.00. The van der Waals surface area contributed by atoms with Crippen LogP contribution in [0.2, 0.25) is 0 Å². The molecule has 0 N–H and O–H groups in total. The van der Waals surface area contributed by atoms with Crippen molar-refractivity contribution < 1.29 is 31.0 Å². The molecule has 0 unspecified atom stereocenters. The van der Waals surface area contributed by atoms with Crippen molar-refractivity contribution in [2.45, 2.75) is 0 Å². The molecule has 0 bridgehead atoms. The Hall–Kier alpha value is -0.491. The minimum atomic E-state index is 0. The van der Waals surface area contributed by atoms with Gasteiger partial charge >= 0.3 is 33.9 Å². The Bertz CT molecular complexity index is 189. The van der Waals surface area contributed by atoms with Crippen LogP contribution in [-0.2, 0) is 31.0 Å². The number of hydrogen-bond acceptors (Lipinski definition) is 0. The second kappa shape index (κ2) is 30.0. The summed E-state index contributed by atoms with van der Waals surface area (Å²) in [6.45, 7) is 13.5. The summed E-state index contributed by atoms with van der Waals surface area (Å²) in [5.74, 6) is 0. The van der Waals surface area contributed by atoms with E-state index in [4.69, 9.17) is 25.6 Å². The third-order valence-electron chi connectivity index (χ3n) is 0.622. The molecule has 0 amide bonds. The predicted molar refractivity (Wildman–Crippen MR) is 39.2 cm³/mol. The van der Waals surface area contributed by atoms with Gasteiger partial charge in [0.15, 0.2) is 0 Å². The van der Waals surface area contributed by atoms with Gasteiger partial charge in [-0.05, 0) is 6.08 Å². The van der Waals surface area contributed by atoms with Crippen LogP contribution in [-0.4, -0.2) is 0 Å². The van der Waals surface area contributed by atoms with Crippen molar-refractivity contribution in [2.75, 3.05) is 0 Å². The number of hydrogen-bond donors (Lipinski definition) is 0. The zero-order valence-electron chi connectivity index (χ0n) is 6.29. The van der Waals surface area contributed by atoms with Gasteiger partial charge in [0, 0.05) is 28.5 Å². The van der Waals surface area contributed by atoms with Gasteiger partial charge in [-0.2, -0.15) is 0 Å². The van der Waals surface area contributed by atoms with Crippen LogP contribution in [0.25, 0.3) is 0 Å².